The zero-order chi connectivity index (χ0) is 19.6. The molecule has 7 nitrogen and oxygen atoms in total. The van der Waals surface area contributed by atoms with Crippen molar-refractivity contribution in [3.63, 3.8) is 0 Å². The average molecular weight is 370 g/mol. The number of nitrogens with one attached hydrogen (secondary N) is 2. The maximum Gasteiger partial charge on any atom is 0.414 e. The molecule has 1 heterocycles. The van der Waals surface area contributed by atoms with Gasteiger partial charge in [0.15, 0.2) is 0 Å². The van der Waals surface area contributed by atoms with Gasteiger partial charge in [-0.05, 0) is 42.3 Å². The topological polar surface area (TPSA) is 112 Å². The first-order valence-corrected chi connectivity index (χ1v) is 8.36. The Morgan fingerprint density at radius 1 is 1.04 bits per heavy atom. The molecular weight excluding hydrogens is 348 g/mol. The van der Waals surface area contributed by atoms with Crippen molar-refractivity contribution < 1.29 is 24.5 Å². The average Bonchev–Trinajstić information content (AvgIpc) is 3.09. The highest BCUT2D eigenvalue weighted by Crippen LogP contribution is 2.17. The summed E-state index contributed by atoms with van der Waals surface area (Å²) in [5.41, 5.74) is 3.85. The first-order valence-electron chi connectivity index (χ1n) is 8.36. The third-order valence-electron chi connectivity index (χ3n) is 3.92. The van der Waals surface area contributed by atoms with Crippen LogP contribution >= 0.6 is 0 Å². The van der Waals surface area contributed by atoms with E-state index in [0.29, 0.717) is 0 Å². The fourth-order valence-electron chi connectivity index (χ4n) is 2.54. The fourth-order valence-corrected chi connectivity index (χ4v) is 2.54. The zero-order valence-electron chi connectivity index (χ0n) is 14.9. The minimum absolute atomic E-state index is 0.881. The first kappa shape index (κ1) is 20.0. The second-order valence-corrected chi connectivity index (χ2v) is 5.74. The lowest BCUT2D eigenvalue weighted by Crippen LogP contribution is -2.16. The molecule has 0 aliphatic carbocycles. The van der Waals surface area contributed by atoms with Gasteiger partial charge in [-0.2, -0.15) is 0 Å². The van der Waals surface area contributed by atoms with Crippen LogP contribution in [0.5, 0.6) is 5.75 Å². The number of carboxylic acids is 2. The van der Waals surface area contributed by atoms with Gasteiger partial charge in [-0.15, -0.1) is 0 Å². The van der Waals surface area contributed by atoms with Gasteiger partial charge in [0.1, 0.15) is 5.75 Å². The molecule has 0 saturated carbocycles. The molecule has 0 aliphatic heterocycles. The molecule has 0 amide bonds. The molecule has 2 aromatic carbocycles. The van der Waals surface area contributed by atoms with Crippen LogP contribution in [0.25, 0.3) is 10.9 Å². The maximum absolute atomic E-state index is 9.10. The van der Waals surface area contributed by atoms with Crippen LogP contribution in [0.1, 0.15) is 11.1 Å². The number of carboxylic acid groups (broad SMARTS) is 2. The summed E-state index contributed by atoms with van der Waals surface area (Å²) in [6.07, 6.45) is 3.14. The standard InChI is InChI=1S/C18H20N2O.C2H2O4/c1-21-16-8-6-14(7-9-16)12-19-11-10-15-13-20-18-5-3-2-4-17(15)18;3-1(4)2(5)6/h2-9,13,19-20H,10-12H2,1H3;(H,3,4)(H,5,6). The monoisotopic (exact) mass is 370 g/mol. The van der Waals surface area contributed by atoms with Crippen molar-refractivity contribution >= 4 is 22.8 Å². The number of methoxy groups -OCH3 is 1. The highest BCUT2D eigenvalue weighted by molar-refractivity contribution is 6.27. The fraction of sp³-hybridized carbons (Fsp3) is 0.200. The minimum Gasteiger partial charge on any atom is -0.497 e. The number of ether oxygens (including phenoxy) is 1. The summed E-state index contributed by atoms with van der Waals surface area (Å²) in [7, 11) is 1.69. The number of hydrogen-bond donors (Lipinski definition) is 4. The van der Waals surface area contributed by atoms with Gasteiger partial charge in [0, 0.05) is 23.6 Å². The molecule has 0 spiro atoms. The summed E-state index contributed by atoms with van der Waals surface area (Å²) in [6, 6.07) is 16.6. The Bertz CT molecular complexity index is 875. The number of carbonyl (C=O) groups is 2. The smallest absolute Gasteiger partial charge is 0.414 e. The Hall–Kier alpha value is -3.32. The SMILES string of the molecule is COc1ccc(CNCCc2c[nH]c3ccccc23)cc1.O=C(O)C(=O)O. The highest BCUT2D eigenvalue weighted by atomic mass is 16.5. The van der Waals surface area contributed by atoms with E-state index in [1.54, 1.807) is 7.11 Å². The van der Waals surface area contributed by atoms with E-state index >= 15 is 0 Å². The lowest BCUT2D eigenvalue weighted by molar-refractivity contribution is -0.159. The first-order chi connectivity index (χ1) is 13.0. The molecule has 4 N–H and O–H groups in total. The molecular formula is C20H22N2O5. The van der Waals surface area contributed by atoms with Crippen molar-refractivity contribution in [3.05, 3.63) is 65.9 Å². The van der Waals surface area contributed by atoms with Gasteiger partial charge in [0.2, 0.25) is 0 Å². The minimum atomic E-state index is -1.82. The van der Waals surface area contributed by atoms with Crippen LogP contribution in [0.2, 0.25) is 0 Å². The molecule has 0 unspecified atom stereocenters. The number of fused-ring (bicyclic) bond motifs is 1. The van der Waals surface area contributed by atoms with E-state index in [1.807, 2.05) is 12.1 Å². The summed E-state index contributed by atoms with van der Waals surface area (Å²) in [4.78, 5) is 21.5. The molecule has 27 heavy (non-hydrogen) atoms. The molecule has 3 aromatic rings. The van der Waals surface area contributed by atoms with Gasteiger partial charge in [-0.1, -0.05) is 30.3 Å². The Balaban J connectivity index is 0.000000380. The van der Waals surface area contributed by atoms with Crippen molar-refractivity contribution in [3.8, 4) is 5.75 Å². The normalized spacial score (nSPS) is 10.1. The number of aliphatic carboxylic acids is 2. The van der Waals surface area contributed by atoms with Crippen LogP contribution in [-0.4, -0.2) is 40.8 Å². The number of aromatic amines is 1. The predicted octanol–water partition coefficient (Wildman–Crippen LogP) is 2.66. The van der Waals surface area contributed by atoms with Crippen molar-refractivity contribution in [1.82, 2.24) is 10.3 Å². The van der Waals surface area contributed by atoms with Gasteiger partial charge < -0.3 is 25.3 Å². The number of benzene rings is 2. The van der Waals surface area contributed by atoms with Gasteiger partial charge >= 0.3 is 11.9 Å². The van der Waals surface area contributed by atoms with Crippen molar-refractivity contribution in [1.29, 1.82) is 0 Å². The van der Waals surface area contributed by atoms with E-state index in [2.05, 4.69) is 52.9 Å². The van der Waals surface area contributed by atoms with E-state index in [-0.39, 0.29) is 0 Å². The van der Waals surface area contributed by atoms with Crippen LogP contribution in [0.3, 0.4) is 0 Å². The molecule has 0 radical (unpaired) electrons. The Morgan fingerprint density at radius 2 is 1.70 bits per heavy atom. The summed E-state index contributed by atoms with van der Waals surface area (Å²) in [5, 5.41) is 19.6. The number of H-pyrrole nitrogens is 1. The van der Waals surface area contributed by atoms with E-state index in [4.69, 9.17) is 24.5 Å². The molecule has 3 rings (SSSR count). The Labute approximate surface area is 156 Å². The van der Waals surface area contributed by atoms with Crippen LogP contribution in [-0.2, 0) is 22.6 Å². The van der Waals surface area contributed by atoms with Crippen molar-refractivity contribution in [2.45, 2.75) is 13.0 Å². The van der Waals surface area contributed by atoms with E-state index in [1.165, 1.54) is 22.0 Å². The van der Waals surface area contributed by atoms with Crippen molar-refractivity contribution in [2.75, 3.05) is 13.7 Å². The van der Waals surface area contributed by atoms with Gasteiger partial charge in [0.25, 0.3) is 0 Å². The van der Waals surface area contributed by atoms with Crippen LogP contribution in [0, 0.1) is 0 Å². The van der Waals surface area contributed by atoms with Crippen LogP contribution < -0.4 is 10.1 Å². The van der Waals surface area contributed by atoms with E-state index in [0.717, 1.165) is 25.3 Å². The Morgan fingerprint density at radius 3 is 2.33 bits per heavy atom. The number of hydrogen-bond acceptors (Lipinski definition) is 4. The van der Waals surface area contributed by atoms with Gasteiger partial charge in [-0.3, -0.25) is 0 Å². The predicted molar refractivity (Wildman–Crippen MR) is 102 cm³/mol. The molecule has 0 bridgehead atoms. The molecule has 0 saturated heterocycles. The number of rotatable bonds is 6. The second kappa shape index (κ2) is 9.98. The van der Waals surface area contributed by atoms with Crippen LogP contribution in [0.15, 0.2) is 54.7 Å². The molecule has 0 aliphatic rings. The molecule has 7 heteroatoms. The summed E-state index contributed by atoms with van der Waals surface area (Å²) in [6.45, 7) is 1.85. The van der Waals surface area contributed by atoms with Gasteiger partial charge in [-0.25, -0.2) is 9.59 Å². The number of aromatic nitrogens is 1. The Kier molecular flexibility index (Phi) is 7.39. The third kappa shape index (κ3) is 6.16. The molecule has 0 fully saturated rings. The number of para-hydroxylation sites is 1. The molecule has 1 aromatic heterocycles. The summed E-state index contributed by atoms with van der Waals surface area (Å²) >= 11 is 0. The van der Waals surface area contributed by atoms with Crippen LogP contribution in [0.4, 0.5) is 0 Å². The maximum atomic E-state index is 9.10. The second-order valence-electron chi connectivity index (χ2n) is 5.74. The lowest BCUT2D eigenvalue weighted by atomic mass is 10.1. The molecule has 0 atom stereocenters. The highest BCUT2D eigenvalue weighted by Gasteiger charge is 2.04. The third-order valence-corrected chi connectivity index (χ3v) is 3.92. The van der Waals surface area contributed by atoms with Crippen molar-refractivity contribution in [2.24, 2.45) is 0 Å². The largest absolute Gasteiger partial charge is 0.497 e. The summed E-state index contributed by atoms with van der Waals surface area (Å²) in [5.74, 6) is -2.75. The quantitative estimate of drug-likeness (QED) is 0.392. The summed E-state index contributed by atoms with van der Waals surface area (Å²) < 4.78 is 5.16. The van der Waals surface area contributed by atoms with E-state index in [9.17, 15) is 0 Å². The van der Waals surface area contributed by atoms with Gasteiger partial charge in [0.05, 0.1) is 7.11 Å². The van der Waals surface area contributed by atoms with E-state index < -0.39 is 11.9 Å². The molecule has 142 valence electrons. The lowest BCUT2D eigenvalue weighted by Gasteiger charge is -2.06. The zero-order valence-corrected chi connectivity index (χ0v) is 14.9.